The first kappa shape index (κ1) is 13.1. The topological polar surface area (TPSA) is 55.1 Å². The van der Waals surface area contributed by atoms with Gasteiger partial charge in [-0.15, -0.1) is 0 Å². The summed E-state index contributed by atoms with van der Waals surface area (Å²) in [6.45, 7) is 7.95. The van der Waals surface area contributed by atoms with Crippen molar-refractivity contribution < 1.29 is 9.21 Å². The van der Waals surface area contributed by atoms with E-state index in [1.165, 1.54) is 0 Å². The fourth-order valence-corrected chi connectivity index (χ4v) is 1.28. The van der Waals surface area contributed by atoms with Crippen molar-refractivity contribution in [1.29, 1.82) is 0 Å². The van der Waals surface area contributed by atoms with Gasteiger partial charge in [0.25, 0.3) is 0 Å². The number of nitrogens with zero attached hydrogens (tertiary/aromatic N) is 1. The van der Waals surface area contributed by atoms with E-state index in [4.69, 9.17) is 4.42 Å². The van der Waals surface area contributed by atoms with Crippen molar-refractivity contribution in [2.24, 2.45) is 5.92 Å². The molecule has 1 rings (SSSR count). The average molecular weight is 242 g/mol. The monoisotopic (exact) mass is 242 g/mol. The number of aromatic nitrogens is 1. The molecule has 0 bridgehead atoms. The first-order valence-electron chi connectivity index (χ1n) is 5.30. The van der Waals surface area contributed by atoms with E-state index in [0.717, 1.165) is 11.5 Å². The minimum Gasteiger partial charge on any atom is -0.444 e. The highest BCUT2D eigenvalue weighted by Crippen LogP contribution is 2.10. The van der Waals surface area contributed by atoms with Crippen LogP contribution in [0.15, 0.2) is 4.42 Å². The van der Waals surface area contributed by atoms with Crippen LogP contribution < -0.4 is 5.32 Å². The quantitative estimate of drug-likeness (QED) is 0.792. The number of carbonyl (C=O) groups is 1. The lowest BCUT2D eigenvalue weighted by molar-refractivity contribution is -0.121. The van der Waals surface area contributed by atoms with Crippen LogP contribution in [0.4, 0.5) is 0 Å². The lowest BCUT2D eigenvalue weighted by Crippen LogP contribution is -2.34. The van der Waals surface area contributed by atoms with Gasteiger partial charge in [0.1, 0.15) is 5.76 Å². The molecular formula is C11H18N2O2S. The third kappa shape index (κ3) is 3.27. The second-order valence-corrected chi connectivity index (χ2v) is 4.71. The Bertz CT molecular complexity index is 355. The second-order valence-electron chi connectivity index (χ2n) is 4.16. The number of carbonyl (C=O) groups excluding carboxylic acids is 1. The van der Waals surface area contributed by atoms with E-state index < -0.39 is 0 Å². The Hall–Kier alpha value is -0.970. The Morgan fingerprint density at radius 3 is 2.56 bits per heavy atom. The Kier molecular flexibility index (Phi) is 4.41. The molecule has 1 atom stereocenters. The molecule has 90 valence electrons. The zero-order chi connectivity index (χ0) is 12.3. The number of rotatable bonds is 4. The maximum atomic E-state index is 11.6. The summed E-state index contributed by atoms with van der Waals surface area (Å²) in [6, 6.07) is 0. The number of nitrogens with one attached hydrogen (secondary N) is 1. The van der Waals surface area contributed by atoms with Gasteiger partial charge in [0, 0.05) is 0 Å². The zero-order valence-corrected chi connectivity index (χ0v) is 11.0. The molecule has 0 radical (unpaired) electrons. The number of aryl methyl sites for hydroxylation is 2. The molecule has 1 amide bonds. The summed E-state index contributed by atoms with van der Waals surface area (Å²) in [5.74, 6) is 1.44. The lowest BCUT2D eigenvalue weighted by atomic mass is 10.1. The summed E-state index contributed by atoms with van der Waals surface area (Å²) in [5.41, 5.74) is 0.857. The van der Waals surface area contributed by atoms with E-state index >= 15 is 0 Å². The van der Waals surface area contributed by atoms with E-state index in [1.54, 1.807) is 0 Å². The Balaban J connectivity index is 2.49. The largest absolute Gasteiger partial charge is 0.444 e. The first-order chi connectivity index (χ1) is 7.41. The molecular weight excluding hydrogens is 224 g/mol. The highest BCUT2D eigenvalue weighted by Gasteiger charge is 2.17. The van der Waals surface area contributed by atoms with Crippen LogP contribution in [0.25, 0.3) is 0 Å². The lowest BCUT2D eigenvalue weighted by Gasteiger charge is -2.13. The van der Waals surface area contributed by atoms with Crippen LogP contribution in [0.3, 0.4) is 0 Å². The maximum Gasteiger partial charge on any atom is 0.233 e. The molecule has 1 heterocycles. The minimum absolute atomic E-state index is 0.0909. The van der Waals surface area contributed by atoms with Crippen LogP contribution in [0.1, 0.15) is 31.2 Å². The smallest absolute Gasteiger partial charge is 0.233 e. The van der Waals surface area contributed by atoms with Crippen LogP contribution in [0.5, 0.6) is 0 Å². The van der Waals surface area contributed by atoms with Crippen molar-refractivity contribution in [2.45, 2.75) is 39.5 Å². The molecule has 0 spiro atoms. The van der Waals surface area contributed by atoms with E-state index in [0.29, 0.717) is 12.4 Å². The van der Waals surface area contributed by atoms with Crippen molar-refractivity contribution in [3.8, 4) is 0 Å². The number of amides is 1. The molecule has 5 heteroatoms. The van der Waals surface area contributed by atoms with E-state index in [1.807, 2.05) is 27.7 Å². The second kappa shape index (κ2) is 5.39. The molecule has 0 aliphatic rings. The number of thiol groups is 1. The fourth-order valence-electron chi connectivity index (χ4n) is 1.18. The van der Waals surface area contributed by atoms with E-state index in [2.05, 4.69) is 22.9 Å². The molecule has 0 aromatic carbocycles. The van der Waals surface area contributed by atoms with Gasteiger partial charge in [0.2, 0.25) is 11.8 Å². The summed E-state index contributed by atoms with van der Waals surface area (Å²) >= 11 is 4.23. The molecule has 0 fully saturated rings. The molecule has 1 unspecified atom stereocenters. The van der Waals surface area contributed by atoms with Crippen LogP contribution in [0, 0.1) is 19.8 Å². The summed E-state index contributed by atoms with van der Waals surface area (Å²) in [7, 11) is 0. The van der Waals surface area contributed by atoms with Gasteiger partial charge in [0.05, 0.1) is 17.5 Å². The van der Waals surface area contributed by atoms with Crippen LogP contribution in [0.2, 0.25) is 0 Å². The Morgan fingerprint density at radius 2 is 2.12 bits per heavy atom. The van der Waals surface area contributed by atoms with Gasteiger partial charge in [-0.25, -0.2) is 4.98 Å². The first-order valence-corrected chi connectivity index (χ1v) is 5.82. The molecule has 1 aromatic rings. The SMILES string of the molecule is Cc1nc(CNC(=O)C(S)C(C)C)oc1C. The third-order valence-corrected chi connectivity index (χ3v) is 3.22. The minimum atomic E-state index is -0.294. The van der Waals surface area contributed by atoms with Gasteiger partial charge in [-0.2, -0.15) is 12.6 Å². The van der Waals surface area contributed by atoms with Crippen LogP contribution in [-0.4, -0.2) is 16.1 Å². The van der Waals surface area contributed by atoms with Gasteiger partial charge in [-0.1, -0.05) is 13.8 Å². The van der Waals surface area contributed by atoms with Crippen molar-refractivity contribution in [3.63, 3.8) is 0 Å². The molecule has 1 aromatic heterocycles. The van der Waals surface area contributed by atoms with Gasteiger partial charge < -0.3 is 9.73 Å². The fraction of sp³-hybridized carbons (Fsp3) is 0.636. The van der Waals surface area contributed by atoms with Crippen LogP contribution >= 0.6 is 12.6 Å². The maximum absolute atomic E-state index is 11.6. The molecule has 16 heavy (non-hydrogen) atoms. The van der Waals surface area contributed by atoms with Crippen molar-refractivity contribution in [1.82, 2.24) is 10.3 Å². The number of hydrogen-bond acceptors (Lipinski definition) is 4. The highest BCUT2D eigenvalue weighted by atomic mass is 32.1. The summed E-state index contributed by atoms with van der Waals surface area (Å²) in [4.78, 5) is 15.8. The van der Waals surface area contributed by atoms with Gasteiger partial charge >= 0.3 is 0 Å². The number of hydrogen-bond donors (Lipinski definition) is 2. The normalized spacial score (nSPS) is 12.9. The predicted octanol–water partition coefficient (Wildman–Crippen LogP) is 1.86. The van der Waals surface area contributed by atoms with Gasteiger partial charge in [0.15, 0.2) is 0 Å². The third-order valence-electron chi connectivity index (χ3n) is 2.39. The summed E-state index contributed by atoms with van der Waals surface area (Å²) in [5, 5.41) is 2.45. The molecule has 0 saturated heterocycles. The molecule has 4 nitrogen and oxygen atoms in total. The van der Waals surface area contributed by atoms with E-state index in [-0.39, 0.29) is 17.1 Å². The van der Waals surface area contributed by atoms with E-state index in [9.17, 15) is 4.79 Å². The van der Waals surface area contributed by atoms with Crippen LogP contribution in [-0.2, 0) is 11.3 Å². The Labute approximate surface area is 101 Å². The summed E-state index contributed by atoms with van der Waals surface area (Å²) < 4.78 is 5.35. The zero-order valence-electron chi connectivity index (χ0n) is 10.1. The number of oxazole rings is 1. The Morgan fingerprint density at radius 1 is 1.50 bits per heavy atom. The molecule has 0 aliphatic heterocycles. The van der Waals surface area contributed by atoms with Crippen molar-refractivity contribution in [3.05, 3.63) is 17.3 Å². The van der Waals surface area contributed by atoms with Crippen molar-refractivity contribution in [2.75, 3.05) is 0 Å². The molecule has 0 aliphatic carbocycles. The molecule has 0 saturated carbocycles. The van der Waals surface area contributed by atoms with Gasteiger partial charge in [-0.3, -0.25) is 4.79 Å². The predicted molar refractivity (Wildman–Crippen MR) is 65.4 cm³/mol. The average Bonchev–Trinajstić information content (AvgIpc) is 2.53. The highest BCUT2D eigenvalue weighted by molar-refractivity contribution is 7.81. The molecule has 1 N–H and O–H groups in total. The van der Waals surface area contributed by atoms with Gasteiger partial charge in [-0.05, 0) is 19.8 Å². The van der Waals surface area contributed by atoms with Crippen molar-refractivity contribution >= 4 is 18.5 Å². The summed E-state index contributed by atoms with van der Waals surface area (Å²) in [6.07, 6.45) is 0. The standard InChI is InChI=1S/C11H18N2O2S/c1-6(2)10(16)11(14)12-5-9-13-7(3)8(4)15-9/h6,10,16H,5H2,1-4H3,(H,12,14).